The van der Waals surface area contributed by atoms with Crippen LogP contribution in [0.4, 0.5) is 11.4 Å². The maximum absolute atomic E-state index is 12.6. The summed E-state index contributed by atoms with van der Waals surface area (Å²) in [4.78, 5) is 12.1. The Balaban J connectivity index is 1.83. The van der Waals surface area contributed by atoms with Crippen LogP contribution in [0.1, 0.15) is 32.3 Å². The molecule has 2 aromatic carbocycles. The summed E-state index contributed by atoms with van der Waals surface area (Å²) in [7, 11) is -7.57. The van der Waals surface area contributed by atoms with E-state index in [9.17, 15) is 21.6 Å². The Morgan fingerprint density at radius 2 is 1.61 bits per heavy atom. The average Bonchev–Trinajstić information content (AvgIpc) is 2.82. The minimum Gasteiger partial charge on any atom is -0.280 e. The summed E-state index contributed by atoms with van der Waals surface area (Å²) in [5.41, 5.74) is 1.66. The zero-order valence-corrected chi connectivity index (χ0v) is 17.4. The van der Waals surface area contributed by atoms with Crippen LogP contribution in [0.2, 0.25) is 0 Å². The van der Waals surface area contributed by atoms with Gasteiger partial charge in [-0.05, 0) is 47.9 Å². The van der Waals surface area contributed by atoms with Crippen LogP contribution in [0.15, 0.2) is 53.4 Å². The first-order valence-corrected chi connectivity index (χ1v) is 11.9. The maximum Gasteiger partial charge on any atom is 0.261 e. The quantitative estimate of drug-likeness (QED) is 0.798. The van der Waals surface area contributed by atoms with Crippen molar-refractivity contribution in [3.05, 3.63) is 54.1 Å². The molecule has 0 bridgehead atoms. The van der Waals surface area contributed by atoms with E-state index in [-0.39, 0.29) is 16.3 Å². The van der Waals surface area contributed by atoms with Gasteiger partial charge in [-0.2, -0.15) is 0 Å². The molecular formula is C19H22N2O5S2. The van der Waals surface area contributed by atoms with Crippen LogP contribution < -0.4 is 9.03 Å². The van der Waals surface area contributed by atoms with Gasteiger partial charge in [0.1, 0.15) is 0 Å². The largest absolute Gasteiger partial charge is 0.280 e. The molecule has 0 aromatic heterocycles. The topological polar surface area (TPSA) is 101 Å². The monoisotopic (exact) mass is 422 g/mol. The summed E-state index contributed by atoms with van der Waals surface area (Å²) in [5, 5.41) is 0. The second-order valence-electron chi connectivity index (χ2n) is 7.16. The lowest BCUT2D eigenvalue weighted by Crippen LogP contribution is -2.30. The Morgan fingerprint density at radius 3 is 2.07 bits per heavy atom. The second kappa shape index (κ2) is 7.21. The normalized spacial score (nSPS) is 19.2. The van der Waals surface area contributed by atoms with E-state index in [4.69, 9.17) is 0 Å². The number of anilines is 2. The average molecular weight is 423 g/mol. The molecule has 0 unspecified atom stereocenters. The molecule has 1 saturated heterocycles. The number of benzene rings is 2. The Morgan fingerprint density at radius 1 is 1.04 bits per heavy atom. The summed E-state index contributed by atoms with van der Waals surface area (Å²) in [5.74, 6) is -1.05. The van der Waals surface area contributed by atoms with Gasteiger partial charge >= 0.3 is 0 Å². The van der Waals surface area contributed by atoms with Gasteiger partial charge in [0.2, 0.25) is 15.9 Å². The Labute approximate surface area is 165 Å². The highest BCUT2D eigenvalue weighted by atomic mass is 32.2. The molecule has 28 heavy (non-hydrogen) atoms. The van der Waals surface area contributed by atoms with Gasteiger partial charge in [0.25, 0.3) is 10.0 Å². The van der Waals surface area contributed by atoms with Crippen LogP contribution in [0.3, 0.4) is 0 Å². The van der Waals surface area contributed by atoms with Crippen LogP contribution in [0.25, 0.3) is 0 Å². The van der Waals surface area contributed by atoms with Crippen molar-refractivity contribution in [3.63, 3.8) is 0 Å². The van der Waals surface area contributed by atoms with E-state index in [1.54, 1.807) is 19.1 Å². The van der Waals surface area contributed by atoms with Crippen molar-refractivity contribution in [1.82, 2.24) is 0 Å². The van der Waals surface area contributed by atoms with Crippen molar-refractivity contribution >= 4 is 37.3 Å². The molecule has 0 aliphatic carbocycles. The molecule has 1 N–H and O–H groups in total. The van der Waals surface area contributed by atoms with E-state index in [1.165, 1.54) is 24.3 Å². The number of carbonyl (C=O) groups excluding carboxylic acids is 1. The van der Waals surface area contributed by atoms with E-state index in [0.29, 0.717) is 11.6 Å². The number of sulfonamides is 2. The SMILES string of the molecule is CC(C)c1ccc(NS(=O)(=O)c2ccc(N3C(=O)[C@H](C)CS3(=O)=O)cc2)cc1. The predicted octanol–water partition coefficient (Wildman–Crippen LogP) is 2.92. The van der Waals surface area contributed by atoms with Crippen molar-refractivity contribution in [2.24, 2.45) is 5.92 Å². The number of carbonyl (C=O) groups is 1. The molecule has 1 heterocycles. The lowest BCUT2D eigenvalue weighted by molar-refractivity contribution is -0.119. The van der Waals surface area contributed by atoms with Crippen molar-refractivity contribution in [2.75, 3.05) is 14.8 Å². The molecule has 150 valence electrons. The maximum atomic E-state index is 12.6. The molecule has 7 nitrogen and oxygen atoms in total. The Hall–Kier alpha value is -2.39. The smallest absolute Gasteiger partial charge is 0.261 e. The van der Waals surface area contributed by atoms with E-state index in [0.717, 1.165) is 9.87 Å². The molecule has 1 fully saturated rings. The number of hydrogen-bond donors (Lipinski definition) is 1. The minimum absolute atomic E-state index is 0.0266. The molecule has 3 rings (SSSR count). The molecule has 1 aliphatic heterocycles. The number of nitrogens with one attached hydrogen (secondary N) is 1. The lowest BCUT2D eigenvalue weighted by atomic mass is 10.0. The summed E-state index contributed by atoms with van der Waals surface area (Å²) in [6.45, 7) is 5.65. The molecule has 0 radical (unpaired) electrons. The molecule has 1 aliphatic rings. The molecule has 1 atom stereocenters. The zero-order valence-electron chi connectivity index (χ0n) is 15.8. The van der Waals surface area contributed by atoms with Gasteiger partial charge in [-0.25, -0.2) is 21.1 Å². The summed E-state index contributed by atoms with van der Waals surface area (Å²) in [6, 6.07) is 12.3. The van der Waals surface area contributed by atoms with Crippen LogP contribution in [0, 0.1) is 5.92 Å². The number of nitrogens with zero attached hydrogens (tertiary/aromatic N) is 1. The Bertz CT molecular complexity index is 1090. The molecule has 0 saturated carbocycles. The fraction of sp³-hybridized carbons (Fsp3) is 0.316. The van der Waals surface area contributed by atoms with E-state index < -0.39 is 31.9 Å². The zero-order chi connectivity index (χ0) is 20.7. The fourth-order valence-electron chi connectivity index (χ4n) is 3.00. The fourth-order valence-corrected chi connectivity index (χ4v) is 5.88. The second-order valence-corrected chi connectivity index (χ2v) is 10.7. The van der Waals surface area contributed by atoms with Gasteiger partial charge in [-0.15, -0.1) is 0 Å². The highest BCUT2D eigenvalue weighted by Crippen LogP contribution is 2.29. The summed E-state index contributed by atoms with van der Waals surface area (Å²) in [6.07, 6.45) is 0. The summed E-state index contributed by atoms with van der Waals surface area (Å²) >= 11 is 0. The molecule has 2 aromatic rings. The van der Waals surface area contributed by atoms with E-state index in [2.05, 4.69) is 4.72 Å². The lowest BCUT2D eigenvalue weighted by Gasteiger charge is -2.16. The van der Waals surface area contributed by atoms with Gasteiger partial charge < -0.3 is 0 Å². The predicted molar refractivity (Wildman–Crippen MR) is 108 cm³/mol. The van der Waals surface area contributed by atoms with Crippen LogP contribution in [0.5, 0.6) is 0 Å². The molecule has 0 spiro atoms. The minimum atomic E-state index is -3.84. The first-order chi connectivity index (χ1) is 13.0. The van der Waals surface area contributed by atoms with E-state index in [1.807, 2.05) is 26.0 Å². The van der Waals surface area contributed by atoms with Crippen LogP contribution in [-0.4, -0.2) is 28.5 Å². The van der Waals surface area contributed by atoms with Gasteiger partial charge in [0.05, 0.1) is 22.3 Å². The van der Waals surface area contributed by atoms with Crippen molar-refractivity contribution < 1.29 is 21.6 Å². The number of rotatable bonds is 5. The third-order valence-corrected chi connectivity index (χ3v) is 7.84. The van der Waals surface area contributed by atoms with Crippen LogP contribution >= 0.6 is 0 Å². The summed E-state index contributed by atoms with van der Waals surface area (Å²) < 4.78 is 52.7. The molecule has 9 heteroatoms. The van der Waals surface area contributed by atoms with Gasteiger partial charge in [0, 0.05) is 5.69 Å². The third kappa shape index (κ3) is 3.90. The Kier molecular flexibility index (Phi) is 5.24. The molecular weight excluding hydrogens is 400 g/mol. The van der Waals surface area contributed by atoms with Crippen molar-refractivity contribution in [2.45, 2.75) is 31.6 Å². The molecule has 1 amide bonds. The first kappa shape index (κ1) is 20.3. The van der Waals surface area contributed by atoms with Crippen LogP contribution in [-0.2, 0) is 24.8 Å². The van der Waals surface area contributed by atoms with Crippen molar-refractivity contribution in [3.8, 4) is 0 Å². The third-order valence-electron chi connectivity index (χ3n) is 4.57. The van der Waals surface area contributed by atoms with Gasteiger partial charge in [0.15, 0.2) is 0 Å². The number of hydrogen-bond acceptors (Lipinski definition) is 5. The standard InChI is InChI=1S/C19H22N2O5S2/c1-13(2)15-4-6-16(7-5-15)20-28(25,26)18-10-8-17(9-11-18)21-19(22)14(3)12-27(21,23)24/h4-11,13-14,20H,12H2,1-3H3/t14-/m1/s1. The first-order valence-electron chi connectivity index (χ1n) is 8.81. The highest BCUT2D eigenvalue weighted by molar-refractivity contribution is 7.94. The van der Waals surface area contributed by atoms with Crippen molar-refractivity contribution in [1.29, 1.82) is 0 Å². The highest BCUT2D eigenvalue weighted by Gasteiger charge is 2.41. The van der Waals surface area contributed by atoms with Gasteiger partial charge in [-0.1, -0.05) is 32.9 Å². The number of amides is 1. The van der Waals surface area contributed by atoms with Gasteiger partial charge in [-0.3, -0.25) is 9.52 Å². The van der Waals surface area contributed by atoms with E-state index >= 15 is 0 Å².